The Morgan fingerprint density at radius 1 is 1.11 bits per heavy atom. The molecule has 0 N–H and O–H groups in total. The van der Waals surface area contributed by atoms with Gasteiger partial charge in [-0.15, -0.1) is 0 Å². The number of benzene rings is 2. The van der Waals surface area contributed by atoms with Crippen LogP contribution in [0.2, 0.25) is 0 Å². The first kappa shape index (κ1) is 19.3. The first-order valence-corrected chi connectivity index (χ1v) is 8.33. The molecule has 0 saturated carbocycles. The predicted molar refractivity (Wildman–Crippen MR) is 88.0 cm³/mol. The maximum atomic E-state index is 13.9. The molecule has 0 unspecified atom stereocenters. The molecule has 1 atom stereocenters. The number of halogens is 4. The lowest BCUT2D eigenvalue weighted by Crippen LogP contribution is -2.47. The molecule has 1 saturated heterocycles. The van der Waals surface area contributed by atoms with E-state index in [2.05, 4.69) is 0 Å². The Morgan fingerprint density at radius 3 is 2.59 bits per heavy atom. The second-order valence-electron chi connectivity index (χ2n) is 6.09. The van der Waals surface area contributed by atoms with Gasteiger partial charge in [-0.05, 0) is 11.6 Å². The van der Waals surface area contributed by atoms with Crippen molar-refractivity contribution in [2.45, 2.75) is 12.7 Å². The Morgan fingerprint density at radius 2 is 1.85 bits per heavy atom. The predicted octanol–water partition coefficient (Wildman–Crippen LogP) is 3.30. The fourth-order valence-electron chi connectivity index (χ4n) is 2.79. The molecule has 4 nitrogen and oxygen atoms in total. The molecule has 144 valence electrons. The summed E-state index contributed by atoms with van der Waals surface area (Å²) in [5.41, 5.74) is 0.123. The second kappa shape index (κ2) is 8.49. The van der Waals surface area contributed by atoms with Crippen LogP contribution in [0.5, 0.6) is 0 Å². The van der Waals surface area contributed by atoms with Crippen molar-refractivity contribution < 1.29 is 31.8 Å². The Labute approximate surface area is 153 Å². The van der Waals surface area contributed by atoms with E-state index in [9.17, 15) is 22.4 Å². The quantitative estimate of drug-likeness (QED) is 0.452. The van der Waals surface area contributed by atoms with Gasteiger partial charge in [-0.2, -0.15) is 0 Å². The number of morpholine rings is 1. The Kier molecular flexibility index (Phi) is 6.08. The number of nitrogens with zero attached hydrogens (tertiary/aromatic N) is 1. The van der Waals surface area contributed by atoms with E-state index < -0.39 is 40.8 Å². The number of hydrogen-bond acceptors (Lipinski definition) is 3. The number of rotatable bonds is 5. The summed E-state index contributed by atoms with van der Waals surface area (Å²) in [4.78, 5) is 13.6. The van der Waals surface area contributed by atoms with E-state index in [1.165, 1.54) is 4.90 Å². The maximum absolute atomic E-state index is 13.9. The molecule has 1 amide bonds. The van der Waals surface area contributed by atoms with Crippen molar-refractivity contribution in [3.05, 3.63) is 70.8 Å². The molecular weight excluding hydrogens is 366 g/mol. The topological polar surface area (TPSA) is 38.8 Å². The van der Waals surface area contributed by atoms with Crippen molar-refractivity contribution in [2.75, 3.05) is 26.3 Å². The van der Waals surface area contributed by atoms with E-state index in [0.29, 0.717) is 12.7 Å². The SMILES string of the molecule is O=C(c1cc(F)c(F)c(F)c1F)N1CCO[C@H](COCc2ccccc2)C1. The van der Waals surface area contributed by atoms with E-state index in [-0.39, 0.29) is 26.3 Å². The van der Waals surface area contributed by atoms with Crippen molar-refractivity contribution in [3.63, 3.8) is 0 Å². The second-order valence-corrected chi connectivity index (χ2v) is 6.09. The van der Waals surface area contributed by atoms with E-state index in [4.69, 9.17) is 9.47 Å². The van der Waals surface area contributed by atoms with Crippen molar-refractivity contribution in [1.29, 1.82) is 0 Å². The average Bonchev–Trinajstić information content (AvgIpc) is 2.69. The van der Waals surface area contributed by atoms with Gasteiger partial charge in [0.1, 0.15) is 0 Å². The zero-order chi connectivity index (χ0) is 19.4. The highest BCUT2D eigenvalue weighted by atomic mass is 19.2. The van der Waals surface area contributed by atoms with Gasteiger partial charge in [0.05, 0.1) is 31.5 Å². The summed E-state index contributed by atoms with van der Waals surface area (Å²) in [5, 5.41) is 0. The fourth-order valence-corrected chi connectivity index (χ4v) is 2.79. The molecule has 3 rings (SSSR count). The lowest BCUT2D eigenvalue weighted by molar-refractivity contribution is -0.0648. The molecule has 1 aliphatic rings. The van der Waals surface area contributed by atoms with Gasteiger partial charge in [-0.25, -0.2) is 17.6 Å². The summed E-state index contributed by atoms with van der Waals surface area (Å²) >= 11 is 0. The zero-order valence-corrected chi connectivity index (χ0v) is 14.3. The van der Waals surface area contributed by atoms with E-state index >= 15 is 0 Å². The molecular formula is C19H17F4NO3. The highest BCUT2D eigenvalue weighted by Gasteiger charge is 2.30. The summed E-state index contributed by atoms with van der Waals surface area (Å²) in [6, 6.07) is 9.82. The minimum absolute atomic E-state index is 0.0632. The van der Waals surface area contributed by atoms with Gasteiger partial charge in [0.2, 0.25) is 0 Å². The monoisotopic (exact) mass is 383 g/mol. The lowest BCUT2D eigenvalue weighted by atomic mass is 10.1. The largest absolute Gasteiger partial charge is 0.374 e. The van der Waals surface area contributed by atoms with E-state index in [1.54, 1.807) is 0 Å². The number of carbonyl (C=O) groups excluding carboxylic acids is 1. The summed E-state index contributed by atoms with van der Waals surface area (Å²) < 4.78 is 64.7. The van der Waals surface area contributed by atoms with Crippen LogP contribution in [0.3, 0.4) is 0 Å². The van der Waals surface area contributed by atoms with Crippen LogP contribution in [0.1, 0.15) is 15.9 Å². The van der Waals surface area contributed by atoms with Crippen LogP contribution >= 0.6 is 0 Å². The van der Waals surface area contributed by atoms with Crippen molar-refractivity contribution in [1.82, 2.24) is 4.90 Å². The van der Waals surface area contributed by atoms with Gasteiger partial charge in [0.15, 0.2) is 23.3 Å². The third-order valence-corrected chi connectivity index (χ3v) is 4.17. The number of carbonyl (C=O) groups is 1. The summed E-state index contributed by atoms with van der Waals surface area (Å²) in [7, 11) is 0. The lowest BCUT2D eigenvalue weighted by Gasteiger charge is -2.33. The van der Waals surface area contributed by atoms with Crippen LogP contribution in [0.15, 0.2) is 36.4 Å². The normalized spacial score (nSPS) is 17.2. The fraction of sp³-hybridized carbons (Fsp3) is 0.316. The molecule has 1 aliphatic heterocycles. The van der Waals surface area contributed by atoms with Crippen LogP contribution in [0.4, 0.5) is 17.6 Å². The average molecular weight is 383 g/mol. The molecule has 0 aliphatic carbocycles. The summed E-state index contributed by atoms with van der Waals surface area (Å²) in [6.45, 7) is 0.894. The standard InChI is InChI=1S/C19H17F4NO3/c20-15-8-14(16(21)18(23)17(15)22)19(25)24-6-7-27-13(9-24)11-26-10-12-4-2-1-3-5-12/h1-5,8,13H,6-7,9-11H2/t13-/m0/s1. The van der Waals surface area contributed by atoms with Gasteiger partial charge in [-0.3, -0.25) is 4.79 Å². The van der Waals surface area contributed by atoms with E-state index in [1.807, 2.05) is 30.3 Å². The Hall–Kier alpha value is -2.45. The van der Waals surface area contributed by atoms with Crippen molar-refractivity contribution >= 4 is 5.91 Å². The number of hydrogen-bond donors (Lipinski definition) is 0. The smallest absolute Gasteiger partial charge is 0.257 e. The van der Waals surface area contributed by atoms with Crippen LogP contribution in [-0.2, 0) is 16.1 Å². The Balaban J connectivity index is 1.61. The molecule has 2 aromatic carbocycles. The van der Waals surface area contributed by atoms with Crippen molar-refractivity contribution in [2.24, 2.45) is 0 Å². The molecule has 0 radical (unpaired) electrons. The van der Waals surface area contributed by atoms with Gasteiger partial charge in [0.25, 0.3) is 5.91 Å². The molecule has 2 aromatic rings. The first-order valence-electron chi connectivity index (χ1n) is 8.33. The van der Waals surface area contributed by atoms with Gasteiger partial charge in [-0.1, -0.05) is 30.3 Å². The maximum Gasteiger partial charge on any atom is 0.257 e. The first-order chi connectivity index (χ1) is 13.0. The highest BCUT2D eigenvalue weighted by Crippen LogP contribution is 2.21. The third-order valence-electron chi connectivity index (χ3n) is 4.17. The summed E-state index contributed by atoms with van der Waals surface area (Å²) in [5.74, 6) is -8.20. The highest BCUT2D eigenvalue weighted by molar-refractivity contribution is 5.94. The third kappa shape index (κ3) is 4.45. The molecule has 1 heterocycles. The number of amides is 1. The number of ether oxygens (including phenoxy) is 2. The minimum Gasteiger partial charge on any atom is -0.374 e. The molecule has 0 bridgehead atoms. The van der Waals surface area contributed by atoms with Gasteiger partial charge < -0.3 is 14.4 Å². The Bertz CT molecular complexity index is 816. The molecule has 8 heteroatoms. The van der Waals surface area contributed by atoms with Crippen molar-refractivity contribution in [3.8, 4) is 0 Å². The molecule has 0 aromatic heterocycles. The molecule has 27 heavy (non-hydrogen) atoms. The van der Waals surface area contributed by atoms with Crippen LogP contribution in [-0.4, -0.2) is 43.2 Å². The zero-order valence-electron chi connectivity index (χ0n) is 14.3. The minimum atomic E-state index is -2.01. The van der Waals surface area contributed by atoms with Crippen LogP contribution < -0.4 is 0 Å². The van der Waals surface area contributed by atoms with E-state index in [0.717, 1.165) is 5.56 Å². The van der Waals surface area contributed by atoms with Gasteiger partial charge in [0, 0.05) is 13.1 Å². The van der Waals surface area contributed by atoms with Gasteiger partial charge >= 0.3 is 0 Å². The van der Waals surface area contributed by atoms with Crippen LogP contribution in [0, 0.1) is 23.3 Å². The summed E-state index contributed by atoms with van der Waals surface area (Å²) in [6.07, 6.45) is -0.468. The van der Waals surface area contributed by atoms with Crippen LogP contribution in [0.25, 0.3) is 0 Å². The molecule has 0 spiro atoms. The molecule has 1 fully saturated rings.